The van der Waals surface area contributed by atoms with Crippen LogP contribution in [0.5, 0.6) is 11.5 Å². The number of carbonyl (C=O) groups is 3. The number of amides is 3. The van der Waals surface area contributed by atoms with Crippen molar-refractivity contribution in [1.82, 2.24) is 15.3 Å². The van der Waals surface area contributed by atoms with Crippen LogP contribution in [0, 0.1) is 0 Å². The Morgan fingerprint density at radius 1 is 1.17 bits per heavy atom. The largest absolute Gasteiger partial charge is 0.493 e. The fraction of sp³-hybridized carbons (Fsp3) is 0.250. The quantitative estimate of drug-likeness (QED) is 0.387. The summed E-state index contributed by atoms with van der Waals surface area (Å²) in [5, 5.41) is 1.06. The summed E-state index contributed by atoms with van der Waals surface area (Å²) in [5.74, 6) is -0.192. The van der Waals surface area contributed by atoms with E-state index in [0.29, 0.717) is 53.8 Å². The highest BCUT2D eigenvalue weighted by Gasteiger charge is 2.34. The minimum atomic E-state index is -0.449. The molecular weight excluding hydrogens is 570 g/mol. The molecule has 2 aliphatic heterocycles. The van der Waals surface area contributed by atoms with E-state index < -0.39 is 11.8 Å². The topological polar surface area (TPSA) is 97.4 Å². The number of morpholine rings is 1. The van der Waals surface area contributed by atoms with Crippen molar-refractivity contribution in [3.05, 3.63) is 63.0 Å². The van der Waals surface area contributed by atoms with E-state index in [-0.39, 0.29) is 16.8 Å². The van der Waals surface area contributed by atoms with Crippen molar-refractivity contribution < 1.29 is 28.6 Å². The van der Waals surface area contributed by atoms with Gasteiger partial charge in [0.1, 0.15) is 0 Å². The standard InChI is InChI=1S/C24H22BrN3O6S2/c1-32-19-12-15(2-7-18(19)34-14-21(29)27-8-10-33-11-9-27)13-20-23(31)28(24(35)36-20)26-22(30)16-3-5-17(25)6-4-16/h2-7,12-13H,8-11,14H2,1H3,(H,26,30)/b20-13+. The van der Waals surface area contributed by atoms with Gasteiger partial charge in [-0.1, -0.05) is 33.8 Å². The van der Waals surface area contributed by atoms with Crippen LogP contribution in [-0.4, -0.2) is 72.0 Å². The predicted octanol–water partition coefficient (Wildman–Crippen LogP) is 3.24. The lowest BCUT2D eigenvalue weighted by Crippen LogP contribution is -2.44. The maximum absolute atomic E-state index is 12.9. The number of hydrogen-bond acceptors (Lipinski definition) is 8. The summed E-state index contributed by atoms with van der Waals surface area (Å²) < 4.78 is 17.4. The fourth-order valence-electron chi connectivity index (χ4n) is 3.42. The van der Waals surface area contributed by atoms with Gasteiger partial charge in [-0.15, -0.1) is 0 Å². The van der Waals surface area contributed by atoms with Gasteiger partial charge in [0.2, 0.25) is 0 Å². The summed E-state index contributed by atoms with van der Waals surface area (Å²) in [7, 11) is 1.49. The minimum Gasteiger partial charge on any atom is -0.493 e. The molecule has 36 heavy (non-hydrogen) atoms. The number of hydrogen-bond donors (Lipinski definition) is 1. The number of rotatable bonds is 7. The number of nitrogens with zero attached hydrogens (tertiary/aromatic N) is 2. The molecule has 0 aromatic heterocycles. The summed E-state index contributed by atoms with van der Waals surface area (Å²) in [4.78, 5) is 39.8. The van der Waals surface area contributed by atoms with Gasteiger partial charge < -0.3 is 19.1 Å². The molecule has 12 heteroatoms. The molecule has 0 aliphatic carbocycles. The fourth-order valence-corrected chi connectivity index (χ4v) is 4.86. The predicted molar refractivity (Wildman–Crippen MR) is 143 cm³/mol. The minimum absolute atomic E-state index is 0.119. The van der Waals surface area contributed by atoms with Crippen LogP contribution in [0.1, 0.15) is 15.9 Å². The number of thioether (sulfide) groups is 1. The van der Waals surface area contributed by atoms with Gasteiger partial charge in [-0.25, -0.2) is 0 Å². The van der Waals surface area contributed by atoms with E-state index in [4.69, 9.17) is 26.4 Å². The van der Waals surface area contributed by atoms with E-state index in [0.717, 1.165) is 21.2 Å². The highest BCUT2D eigenvalue weighted by atomic mass is 79.9. The molecule has 2 fully saturated rings. The van der Waals surface area contributed by atoms with Crippen molar-refractivity contribution in [3.8, 4) is 11.5 Å². The van der Waals surface area contributed by atoms with Crippen molar-refractivity contribution >= 4 is 68.0 Å². The number of hydrazine groups is 1. The van der Waals surface area contributed by atoms with Crippen LogP contribution in [0.25, 0.3) is 6.08 Å². The van der Waals surface area contributed by atoms with E-state index in [9.17, 15) is 14.4 Å². The summed E-state index contributed by atoms with van der Waals surface area (Å²) >= 11 is 9.70. The molecule has 2 aromatic rings. The first kappa shape index (κ1) is 26.1. The Hall–Kier alpha value is -2.93. The Bertz CT molecular complexity index is 1210. The molecule has 2 aromatic carbocycles. The highest BCUT2D eigenvalue weighted by Crippen LogP contribution is 2.34. The number of benzene rings is 2. The number of ether oxygens (including phenoxy) is 3. The van der Waals surface area contributed by atoms with Crippen LogP contribution in [0.4, 0.5) is 0 Å². The van der Waals surface area contributed by atoms with Crippen molar-refractivity contribution in [3.63, 3.8) is 0 Å². The molecule has 0 bridgehead atoms. The Morgan fingerprint density at radius 3 is 2.58 bits per heavy atom. The summed E-state index contributed by atoms with van der Waals surface area (Å²) in [6, 6.07) is 11.9. The van der Waals surface area contributed by atoms with Gasteiger partial charge in [0.25, 0.3) is 17.7 Å². The lowest BCUT2D eigenvalue weighted by molar-refractivity contribution is -0.137. The monoisotopic (exact) mass is 591 g/mol. The maximum Gasteiger partial charge on any atom is 0.285 e. The van der Waals surface area contributed by atoms with Gasteiger partial charge in [-0.05, 0) is 60.3 Å². The number of nitrogens with one attached hydrogen (secondary N) is 1. The maximum atomic E-state index is 12.9. The van der Waals surface area contributed by atoms with E-state index in [1.54, 1.807) is 53.4 Å². The smallest absolute Gasteiger partial charge is 0.285 e. The molecule has 1 N–H and O–H groups in total. The normalized spacial score (nSPS) is 16.9. The van der Waals surface area contributed by atoms with Crippen molar-refractivity contribution in [2.45, 2.75) is 0 Å². The van der Waals surface area contributed by atoms with Gasteiger partial charge in [0.15, 0.2) is 22.4 Å². The first-order chi connectivity index (χ1) is 17.4. The second kappa shape index (κ2) is 11.9. The van der Waals surface area contributed by atoms with Crippen molar-refractivity contribution in [1.29, 1.82) is 0 Å². The molecule has 2 aliphatic rings. The Labute approximate surface area is 225 Å². The van der Waals surface area contributed by atoms with Gasteiger partial charge in [0.05, 0.1) is 25.2 Å². The zero-order valence-electron chi connectivity index (χ0n) is 19.2. The number of halogens is 1. The third-order valence-corrected chi connectivity index (χ3v) is 7.14. The van der Waals surface area contributed by atoms with E-state index in [1.165, 1.54) is 7.11 Å². The van der Waals surface area contributed by atoms with E-state index >= 15 is 0 Å². The molecule has 3 amide bonds. The van der Waals surface area contributed by atoms with Crippen molar-refractivity contribution in [2.24, 2.45) is 0 Å². The van der Waals surface area contributed by atoms with Gasteiger partial charge >= 0.3 is 0 Å². The molecule has 0 radical (unpaired) electrons. The Kier molecular flexibility index (Phi) is 8.62. The van der Waals surface area contributed by atoms with Gasteiger partial charge in [0, 0.05) is 23.1 Å². The summed E-state index contributed by atoms with van der Waals surface area (Å²) in [6.45, 7) is 2.00. The first-order valence-corrected chi connectivity index (χ1v) is 12.9. The molecule has 0 spiro atoms. The van der Waals surface area contributed by atoms with Gasteiger partial charge in [-0.2, -0.15) is 5.01 Å². The van der Waals surface area contributed by atoms with E-state index in [1.807, 2.05) is 0 Å². The molecule has 4 rings (SSSR count). The zero-order valence-corrected chi connectivity index (χ0v) is 22.4. The highest BCUT2D eigenvalue weighted by molar-refractivity contribution is 9.10. The average molecular weight is 592 g/mol. The molecule has 188 valence electrons. The number of carbonyl (C=O) groups excluding carboxylic acids is 3. The molecule has 2 heterocycles. The van der Waals surface area contributed by atoms with Crippen LogP contribution in [0.15, 0.2) is 51.8 Å². The third-order valence-electron chi connectivity index (χ3n) is 5.31. The Balaban J connectivity index is 1.42. The lowest BCUT2D eigenvalue weighted by Gasteiger charge is -2.26. The SMILES string of the molecule is COc1cc(/C=C2/SC(=S)N(NC(=O)c3ccc(Br)cc3)C2=O)ccc1OCC(=O)N1CCOCC1. The van der Waals surface area contributed by atoms with Crippen LogP contribution < -0.4 is 14.9 Å². The van der Waals surface area contributed by atoms with Crippen LogP contribution in [0.3, 0.4) is 0 Å². The molecule has 9 nitrogen and oxygen atoms in total. The Morgan fingerprint density at radius 2 is 1.89 bits per heavy atom. The second-order valence-electron chi connectivity index (χ2n) is 7.66. The van der Waals surface area contributed by atoms with Crippen LogP contribution >= 0.6 is 39.9 Å². The average Bonchev–Trinajstić information content (AvgIpc) is 3.15. The van der Waals surface area contributed by atoms with Crippen LogP contribution in [0.2, 0.25) is 0 Å². The molecule has 0 unspecified atom stereocenters. The zero-order chi connectivity index (χ0) is 25.7. The number of thiocarbonyl (C=S) groups is 1. The van der Waals surface area contributed by atoms with Crippen LogP contribution in [-0.2, 0) is 14.3 Å². The first-order valence-electron chi connectivity index (χ1n) is 10.9. The molecule has 0 atom stereocenters. The van der Waals surface area contributed by atoms with Crippen molar-refractivity contribution in [2.75, 3.05) is 40.0 Å². The molecule has 0 saturated carbocycles. The second-order valence-corrected chi connectivity index (χ2v) is 10.2. The number of methoxy groups -OCH3 is 1. The summed E-state index contributed by atoms with van der Waals surface area (Å²) in [6.07, 6.45) is 1.65. The van der Waals surface area contributed by atoms with Gasteiger partial charge in [-0.3, -0.25) is 19.8 Å². The summed E-state index contributed by atoms with van der Waals surface area (Å²) in [5.41, 5.74) is 3.61. The lowest BCUT2D eigenvalue weighted by atomic mass is 10.2. The molecular formula is C24H22BrN3O6S2. The third kappa shape index (κ3) is 6.25. The van der Waals surface area contributed by atoms with E-state index in [2.05, 4.69) is 21.4 Å². The molecule has 2 saturated heterocycles.